The van der Waals surface area contributed by atoms with Crippen LogP contribution in [0.3, 0.4) is 0 Å². The minimum Gasteiger partial charge on any atom is -0.306 e. The lowest BCUT2D eigenvalue weighted by Crippen LogP contribution is -2.46. The van der Waals surface area contributed by atoms with Crippen molar-refractivity contribution in [2.45, 2.75) is 24.9 Å². The van der Waals surface area contributed by atoms with Crippen LogP contribution in [0.2, 0.25) is 0 Å². The van der Waals surface area contributed by atoms with E-state index in [-0.39, 0.29) is 5.54 Å². The summed E-state index contributed by atoms with van der Waals surface area (Å²) in [6.07, 6.45) is 6.37. The Kier molecular flexibility index (Phi) is 2.04. The predicted molar refractivity (Wildman–Crippen MR) is 59.5 cm³/mol. The fraction of sp³-hybridized carbons (Fsp3) is 0.583. The fourth-order valence-corrected chi connectivity index (χ4v) is 2.81. The molecule has 2 aliphatic heterocycles. The van der Waals surface area contributed by atoms with Crippen molar-refractivity contribution < 1.29 is 0 Å². The summed E-state index contributed by atoms with van der Waals surface area (Å²) in [5, 5.41) is 3.69. The van der Waals surface area contributed by atoms with Crippen molar-refractivity contribution >= 4 is 0 Å². The molecule has 3 heterocycles. The molecule has 3 rings (SSSR count). The van der Waals surface area contributed by atoms with E-state index >= 15 is 0 Å². The SMILES string of the molecule is CN1CCC2(CC1)NCc1ccncc12. The van der Waals surface area contributed by atoms with Gasteiger partial charge in [0.2, 0.25) is 0 Å². The highest BCUT2D eigenvalue weighted by Crippen LogP contribution is 2.38. The molecule has 0 unspecified atom stereocenters. The van der Waals surface area contributed by atoms with Crippen molar-refractivity contribution in [1.29, 1.82) is 0 Å². The number of aromatic nitrogens is 1. The number of piperidine rings is 1. The summed E-state index contributed by atoms with van der Waals surface area (Å²) in [4.78, 5) is 6.68. The van der Waals surface area contributed by atoms with E-state index in [2.05, 4.69) is 34.5 Å². The van der Waals surface area contributed by atoms with Crippen molar-refractivity contribution in [1.82, 2.24) is 15.2 Å². The zero-order valence-corrected chi connectivity index (χ0v) is 9.16. The van der Waals surface area contributed by atoms with Crippen molar-refractivity contribution in [3.8, 4) is 0 Å². The molecule has 0 bridgehead atoms. The first-order chi connectivity index (χ1) is 7.30. The molecule has 1 aromatic rings. The number of fused-ring (bicyclic) bond motifs is 2. The number of nitrogens with one attached hydrogen (secondary N) is 1. The molecule has 15 heavy (non-hydrogen) atoms. The van der Waals surface area contributed by atoms with Crippen LogP contribution < -0.4 is 5.32 Å². The molecule has 80 valence electrons. The smallest absolute Gasteiger partial charge is 0.0480 e. The van der Waals surface area contributed by atoms with E-state index in [9.17, 15) is 0 Å². The lowest BCUT2D eigenvalue weighted by molar-refractivity contribution is 0.166. The van der Waals surface area contributed by atoms with Gasteiger partial charge in [-0.1, -0.05) is 0 Å². The number of pyridine rings is 1. The van der Waals surface area contributed by atoms with Gasteiger partial charge in [0.15, 0.2) is 0 Å². The maximum Gasteiger partial charge on any atom is 0.0480 e. The van der Waals surface area contributed by atoms with Gasteiger partial charge in [0.05, 0.1) is 0 Å². The second-order valence-electron chi connectivity index (χ2n) is 4.77. The van der Waals surface area contributed by atoms with E-state index in [0.29, 0.717) is 0 Å². The summed E-state index contributed by atoms with van der Waals surface area (Å²) >= 11 is 0. The normalized spacial score (nSPS) is 24.3. The van der Waals surface area contributed by atoms with Crippen LogP contribution in [-0.2, 0) is 12.1 Å². The third kappa shape index (κ3) is 1.38. The van der Waals surface area contributed by atoms with E-state index in [1.165, 1.54) is 37.1 Å². The van der Waals surface area contributed by atoms with Crippen LogP contribution in [-0.4, -0.2) is 30.0 Å². The van der Waals surface area contributed by atoms with Crippen molar-refractivity contribution in [2.75, 3.05) is 20.1 Å². The Morgan fingerprint density at radius 2 is 2.20 bits per heavy atom. The number of hydrogen-bond acceptors (Lipinski definition) is 3. The molecule has 0 radical (unpaired) electrons. The highest BCUT2D eigenvalue weighted by molar-refractivity contribution is 5.36. The molecule has 1 saturated heterocycles. The van der Waals surface area contributed by atoms with E-state index in [1.807, 2.05) is 6.20 Å². The van der Waals surface area contributed by atoms with Crippen LogP contribution >= 0.6 is 0 Å². The zero-order chi connectivity index (χ0) is 10.3. The summed E-state index contributed by atoms with van der Waals surface area (Å²) in [5.74, 6) is 0. The summed E-state index contributed by atoms with van der Waals surface area (Å²) in [6.45, 7) is 3.38. The first-order valence-corrected chi connectivity index (χ1v) is 5.67. The molecule has 0 atom stereocenters. The van der Waals surface area contributed by atoms with Crippen molar-refractivity contribution in [2.24, 2.45) is 0 Å². The molecule has 0 amide bonds. The summed E-state index contributed by atoms with van der Waals surface area (Å²) in [6, 6.07) is 2.15. The van der Waals surface area contributed by atoms with E-state index in [4.69, 9.17) is 0 Å². The average Bonchev–Trinajstić information content (AvgIpc) is 2.63. The number of hydrogen-bond donors (Lipinski definition) is 1. The second-order valence-corrected chi connectivity index (χ2v) is 4.77. The molecule has 1 aromatic heterocycles. The quantitative estimate of drug-likeness (QED) is 0.684. The Hall–Kier alpha value is -0.930. The first-order valence-electron chi connectivity index (χ1n) is 5.67. The third-order valence-corrected chi connectivity index (χ3v) is 3.88. The molecule has 0 aliphatic carbocycles. The summed E-state index contributed by atoms with van der Waals surface area (Å²) < 4.78 is 0. The standard InChI is InChI=1S/C12H17N3/c1-15-6-3-12(4-7-15)11-9-13-5-2-10(11)8-14-12/h2,5,9,14H,3-4,6-8H2,1H3. The highest BCUT2D eigenvalue weighted by Gasteiger charge is 2.40. The Balaban J connectivity index is 1.95. The van der Waals surface area contributed by atoms with Gasteiger partial charge in [0, 0.05) is 24.5 Å². The Morgan fingerprint density at radius 3 is 3.00 bits per heavy atom. The van der Waals surface area contributed by atoms with Gasteiger partial charge >= 0.3 is 0 Å². The molecule has 1 spiro atoms. The van der Waals surface area contributed by atoms with Crippen LogP contribution in [0.15, 0.2) is 18.5 Å². The van der Waals surface area contributed by atoms with E-state index < -0.39 is 0 Å². The average molecular weight is 203 g/mol. The molecule has 2 aliphatic rings. The minimum absolute atomic E-state index is 0.232. The molecular formula is C12H17N3. The Bertz CT molecular complexity index is 367. The largest absolute Gasteiger partial charge is 0.306 e. The lowest BCUT2D eigenvalue weighted by atomic mass is 9.83. The molecule has 3 heteroatoms. The first kappa shape index (κ1) is 9.31. The molecule has 0 aromatic carbocycles. The summed E-state index contributed by atoms with van der Waals surface area (Å²) in [7, 11) is 2.20. The molecule has 3 nitrogen and oxygen atoms in total. The number of rotatable bonds is 0. The Morgan fingerprint density at radius 1 is 1.40 bits per heavy atom. The van der Waals surface area contributed by atoms with E-state index in [0.717, 1.165) is 6.54 Å². The topological polar surface area (TPSA) is 28.2 Å². The lowest BCUT2D eigenvalue weighted by Gasteiger charge is -2.38. The van der Waals surface area contributed by atoms with Gasteiger partial charge in [0.1, 0.15) is 0 Å². The van der Waals surface area contributed by atoms with E-state index in [1.54, 1.807) is 0 Å². The fourth-order valence-electron chi connectivity index (χ4n) is 2.81. The van der Waals surface area contributed by atoms with Crippen LogP contribution in [0, 0.1) is 0 Å². The van der Waals surface area contributed by atoms with Crippen molar-refractivity contribution in [3.63, 3.8) is 0 Å². The maximum absolute atomic E-state index is 4.27. The van der Waals surface area contributed by atoms with Gasteiger partial charge in [-0.15, -0.1) is 0 Å². The molecule has 1 N–H and O–H groups in total. The van der Waals surface area contributed by atoms with Gasteiger partial charge in [-0.25, -0.2) is 0 Å². The van der Waals surface area contributed by atoms with Crippen molar-refractivity contribution in [3.05, 3.63) is 29.6 Å². The van der Waals surface area contributed by atoms with Crippen LogP contribution in [0.1, 0.15) is 24.0 Å². The molecular weight excluding hydrogens is 186 g/mol. The van der Waals surface area contributed by atoms with Gasteiger partial charge < -0.3 is 10.2 Å². The van der Waals surface area contributed by atoms with Gasteiger partial charge in [-0.2, -0.15) is 0 Å². The number of likely N-dealkylation sites (tertiary alicyclic amines) is 1. The molecule has 0 saturated carbocycles. The maximum atomic E-state index is 4.27. The van der Waals surface area contributed by atoms with Gasteiger partial charge in [-0.05, 0) is 50.2 Å². The number of nitrogens with zero attached hydrogens (tertiary/aromatic N) is 2. The van der Waals surface area contributed by atoms with Gasteiger partial charge in [-0.3, -0.25) is 4.98 Å². The minimum atomic E-state index is 0.232. The predicted octanol–water partition coefficient (Wildman–Crippen LogP) is 1.11. The monoisotopic (exact) mass is 203 g/mol. The van der Waals surface area contributed by atoms with Crippen LogP contribution in [0.25, 0.3) is 0 Å². The van der Waals surface area contributed by atoms with Crippen LogP contribution in [0.4, 0.5) is 0 Å². The zero-order valence-electron chi connectivity index (χ0n) is 9.16. The highest BCUT2D eigenvalue weighted by atomic mass is 15.1. The third-order valence-electron chi connectivity index (χ3n) is 3.88. The second kappa shape index (κ2) is 3.29. The van der Waals surface area contributed by atoms with Gasteiger partial charge in [0.25, 0.3) is 0 Å². The van der Waals surface area contributed by atoms with Crippen LogP contribution in [0.5, 0.6) is 0 Å². The Labute approximate surface area is 90.5 Å². The molecule has 1 fully saturated rings. The summed E-state index contributed by atoms with van der Waals surface area (Å²) in [5.41, 5.74) is 3.11.